The van der Waals surface area contributed by atoms with E-state index in [9.17, 15) is 0 Å². The van der Waals surface area contributed by atoms with Gasteiger partial charge >= 0.3 is 0 Å². The Balaban J connectivity index is 2.06. The van der Waals surface area contributed by atoms with Crippen molar-refractivity contribution in [3.05, 3.63) is 30.6 Å². The van der Waals surface area contributed by atoms with E-state index in [2.05, 4.69) is 39.2 Å². The molecule has 1 unspecified atom stereocenters. The van der Waals surface area contributed by atoms with Crippen LogP contribution >= 0.6 is 0 Å². The highest BCUT2D eigenvalue weighted by atomic mass is 15.2. The highest BCUT2D eigenvalue weighted by Crippen LogP contribution is 2.25. The Kier molecular flexibility index (Phi) is 3.11. The molecule has 0 spiro atoms. The first-order valence-corrected chi connectivity index (χ1v) is 6.57. The fraction of sp³-hybridized carbons (Fsp3) is 0.429. The van der Waals surface area contributed by atoms with Gasteiger partial charge in [0.05, 0.1) is 5.52 Å². The van der Waals surface area contributed by atoms with Crippen molar-refractivity contribution in [1.82, 2.24) is 15.3 Å². The van der Waals surface area contributed by atoms with Gasteiger partial charge in [-0.05, 0) is 32.0 Å². The quantitative estimate of drug-likeness (QED) is 0.891. The van der Waals surface area contributed by atoms with Crippen LogP contribution in [0.2, 0.25) is 0 Å². The van der Waals surface area contributed by atoms with Gasteiger partial charge in [-0.15, -0.1) is 0 Å². The number of hydrogen-bond donors (Lipinski definition) is 1. The van der Waals surface area contributed by atoms with E-state index in [0.717, 1.165) is 36.4 Å². The van der Waals surface area contributed by atoms with Crippen molar-refractivity contribution in [2.45, 2.75) is 19.4 Å². The minimum atomic E-state index is 0.549. The number of nitrogens with zero attached hydrogens (tertiary/aromatic N) is 3. The van der Waals surface area contributed by atoms with Crippen LogP contribution < -0.4 is 10.2 Å². The number of anilines is 1. The molecule has 1 aliphatic heterocycles. The zero-order chi connectivity index (χ0) is 12.4. The summed E-state index contributed by atoms with van der Waals surface area (Å²) in [4.78, 5) is 11.2. The molecule has 3 rings (SSSR count). The number of likely N-dealkylation sites (N-methyl/N-ethyl adjacent to an activating group) is 1. The second kappa shape index (κ2) is 4.90. The summed E-state index contributed by atoms with van der Waals surface area (Å²) in [7, 11) is 0. The lowest BCUT2D eigenvalue weighted by molar-refractivity contribution is 0.642. The van der Waals surface area contributed by atoms with E-state index in [-0.39, 0.29) is 0 Å². The maximum atomic E-state index is 4.51. The molecule has 4 heteroatoms. The molecule has 1 N–H and O–H groups in total. The van der Waals surface area contributed by atoms with Crippen LogP contribution in [0, 0.1) is 0 Å². The number of para-hydroxylation sites is 1. The normalized spacial score (nSPS) is 19.3. The summed E-state index contributed by atoms with van der Waals surface area (Å²) in [6.45, 7) is 5.32. The molecule has 0 radical (unpaired) electrons. The van der Waals surface area contributed by atoms with Crippen LogP contribution in [0.1, 0.15) is 13.3 Å². The lowest BCUT2D eigenvalue weighted by Crippen LogP contribution is -2.37. The van der Waals surface area contributed by atoms with E-state index in [0.29, 0.717) is 6.04 Å². The maximum absolute atomic E-state index is 4.51. The minimum Gasteiger partial charge on any atom is -0.352 e. The molecule has 2 heterocycles. The summed E-state index contributed by atoms with van der Waals surface area (Å²) in [5, 5.41) is 4.57. The van der Waals surface area contributed by atoms with Gasteiger partial charge < -0.3 is 10.2 Å². The SMILES string of the molecule is CCN(c1ncnc2ccccc12)C1CCNC1. The average molecular weight is 242 g/mol. The van der Waals surface area contributed by atoms with Crippen molar-refractivity contribution in [3.63, 3.8) is 0 Å². The summed E-state index contributed by atoms with van der Waals surface area (Å²) < 4.78 is 0. The fourth-order valence-electron chi connectivity index (χ4n) is 2.71. The first-order chi connectivity index (χ1) is 8.90. The Morgan fingerprint density at radius 2 is 2.22 bits per heavy atom. The molecule has 94 valence electrons. The van der Waals surface area contributed by atoms with Gasteiger partial charge in [-0.2, -0.15) is 0 Å². The van der Waals surface area contributed by atoms with Crippen molar-refractivity contribution in [2.24, 2.45) is 0 Å². The van der Waals surface area contributed by atoms with Gasteiger partial charge in [0, 0.05) is 24.5 Å². The largest absolute Gasteiger partial charge is 0.352 e. The summed E-state index contributed by atoms with van der Waals surface area (Å²) >= 11 is 0. The molecular formula is C14H18N4. The smallest absolute Gasteiger partial charge is 0.140 e. The van der Waals surface area contributed by atoms with Gasteiger partial charge in [0.2, 0.25) is 0 Å². The van der Waals surface area contributed by atoms with Gasteiger partial charge in [0.15, 0.2) is 0 Å². The number of benzene rings is 1. The number of nitrogens with one attached hydrogen (secondary N) is 1. The first kappa shape index (κ1) is 11.4. The first-order valence-electron chi connectivity index (χ1n) is 6.57. The lowest BCUT2D eigenvalue weighted by atomic mass is 10.1. The standard InChI is InChI=1S/C14H18N4/c1-2-18(11-7-8-15-9-11)14-12-5-3-4-6-13(12)16-10-17-14/h3-6,10-11,15H,2,7-9H2,1H3. The van der Waals surface area contributed by atoms with Crippen LogP contribution in [-0.4, -0.2) is 35.6 Å². The number of fused-ring (bicyclic) bond motifs is 1. The average Bonchev–Trinajstić information content (AvgIpc) is 2.94. The molecular weight excluding hydrogens is 224 g/mol. The second-order valence-electron chi connectivity index (χ2n) is 4.65. The minimum absolute atomic E-state index is 0.549. The summed E-state index contributed by atoms with van der Waals surface area (Å²) in [5.74, 6) is 1.07. The molecule has 1 atom stereocenters. The molecule has 1 aliphatic rings. The number of aromatic nitrogens is 2. The Morgan fingerprint density at radius 3 is 3.00 bits per heavy atom. The number of rotatable bonds is 3. The molecule has 1 fully saturated rings. The molecule has 1 saturated heterocycles. The van der Waals surface area contributed by atoms with E-state index < -0.39 is 0 Å². The molecule has 18 heavy (non-hydrogen) atoms. The van der Waals surface area contributed by atoms with Crippen LogP contribution in [0.15, 0.2) is 30.6 Å². The zero-order valence-electron chi connectivity index (χ0n) is 10.6. The van der Waals surface area contributed by atoms with Gasteiger partial charge in [-0.25, -0.2) is 9.97 Å². The Morgan fingerprint density at radius 1 is 1.33 bits per heavy atom. The maximum Gasteiger partial charge on any atom is 0.140 e. The molecule has 0 amide bonds. The highest BCUT2D eigenvalue weighted by molar-refractivity contribution is 5.89. The van der Waals surface area contributed by atoms with Crippen LogP contribution in [0.4, 0.5) is 5.82 Å². The third-order valence-corrected chi connectivity index (χ3v) is 3.61. The monoisotopic (exact) mass is 242 g/mol. The summed E-state index contributed by atoms with van der Waals surface area (Å²) in [6.07, 6.45) is 2.86. The lowest BCUT2D eigenvalue weighted by Gasteiger charge is -2.29. The van der Waals surface area contributed by atoms with E-state index in [1.807, 2.05) is 12.1 Å². The van der Waals surface area contributed by atoms with E-state index in [1.54, 1.807) is 6.33 Å². The molecule has 2 aromatic rings. The Hall–Kier alpha value is -1.68. The van der Waals surface area contributed by atoms with Crippen molar-refractivity contribution in [2.75, 3.05) is 24.5 Å². The molecule has 0 aliphatic carbocycles. The van der Waals surface area contributed by atoms with Gasteiger partial charge in [-0.3, -0.25) is 0 Å². The number of hydrogen-bond acceptors (Lipinski definition) is 4. The predicted molar refractivity (Wildman–Crippen MR) is 73.8 cm³/mol. The Bertz CT molecular complexity index is 529. The van der Waals surface area contributed by atoms with Crippen molar-refractivity contribution < 1.29 is 0 Å². The topological polar surface area (TPSA) is 41.1 Å². The zero-order valence-corrected chi connectivity index (χ0v) is 10.6. The summed E-state index contributed by atoms with van der Waals surface area (Å²) in [6, 6.07) is 8.77. The van der Waals surface area contributed by atoms with E-state index in [1.165, 1.54) is 6.42 Å². The Labute approximate surface area is 107 Å². The van der Waals surface area contributed by atoms with Gasteiger partial charge in [0.25, 0.3) is 0 Å². The van der Waals surface area contributed by atoms with E-state index in [4.69, 9.17) is 0 Å². The summed E-state index contributed by atoms with van der Waals surface area (Å²) in [5.41, 5.74) is 1.02. The van der Waals surface area contributed by atoms with Crippen molar-refractivity contribution in [1.29, 1.82) is 0 Å². The second-order valence-corrected chi connectivity index (χ2v) is 4.65. The van der Waals surface area contributed by atoms with Crippen LogP contribution in [-0.2, 0) is 0 Å². The van der Waals surface area contributed by atoms with Crippen LogP contribution in [0.25, 0.3) is 10.9 Å². The molecule has 0 bridgehead atoms. The van der Waals surface area contributed by atoms with Crippen molar-refractivity contribution >= 4 is 16.7 Å². The molecule has 1 aromatic carbocycles. The highest BCUT2D eigenvalue weighted by Gasteiger charge is 2.23. The van der Waals surface area contributed by atoms with Gasteiger partial charge in [0.1, 0.15) is 12.1 Å². The van der Waals surface area contributed by atoms with E-state index >= 15 is 0 Å². The molecule has 1 aromatic heterocycles. The van der Waals surface area contributed by atoms with Gasteiger partial charge in [-0.1, -0.05) is 12.1 Å². The van der Waals surface area contributed by atoms with Crippen molar-refractivity contribution in [3.8, 4) is 0 Å². The van der Waals surface area contributed by atoms with Crippen LogP contribution in [0.5, 0.6) is 0 Å². The third kappa shape index (κ3) is 1.93. The van der Waals surface area contributed by atoms with Crippen LogP contribution in [0.3, 0.4) is 0 Å². The molecule has 4 nitrogen and oxygen atoms in total. The fourth-order valence-corrected chi connectivity index (χ4v) is 2.71. The predicted octanol–water partition coefficient (Wildman–Crippen LogP) is 1.82. The molecule has 0 saturated carbocycles. The third-order valence-electron chi connectivity index (χ3n) is 3.61.